The monoisotopic (exact) mass is 405 g/mol. The molecule has 2 aliphatic heterocycles. The Bertz CT molecular complexity index is 848. The molecule has 3 aliphatic rings. The number of sulfonamides is 1. The Kier molecular flexibility index (Phi) is 5.16. The van der Waals surface area contributed by atoms with Gasteiger partial charge in [-0.05, 0) is 43.2 Å². The van der Waals surface area contributed by atoms with Crippen LogP contribution in [0, 0.1) is 5.92 Å². The minimum absolute atomic E-state index is 0.0469. The topological polar surface area (TPSA) is 69.7 Å². The lowest BCUT2D eigenvalue weighted by Gasteiger charge is -2.34. The molecule has 2 amide bonds. The van der Waals surface area contributed by atoms with E-state index < -0.39 is 15.6 Å². The van der Waals surface area contributed by atoms with E-state index in [1.807, 2.05) is 17.0 Å². The summed E-state index contributed by atoms with van der Waals surface area (Å²) in [5.41, 5.74) is 0.229. The van der Waals surface area contributed by atoms with Crippen LogP contribution in [0.4, 0.5) is 4.79 Å². The number of fused-ring (bicyclic) bond motifs is 2. The second-order valence-electron chi connectivity index (χ2n) is 8.89. The van der Waals surface area contributed by atoms with Crippen LogP contribution >= 0.6 is 0 Å². The number of nitrogens with one attached hydrogen (secondary N) is 1. The molecule has 7 heteroatoms. The zero-order valence-electron chi connectivity index (χ0n) is 16.9. The summed E-state index contributed by atoms with van der Waals surface area (Å²) in [6.07, 6.45) is 5.89. The van der Waals surface area contributed by atoms with E-state index in [2.05, 4.69) is 19.2 Å². The van der Waals surface area contributed by atoms with Gasteiger partial charge in [-0.15, -0.1) is 0 Å². The van der Waals surface area contributed by atoms with Gasteiger partial charge >= 0.3 is 6.03 Å². The van der Waals surface area contributed by atoms with Gasteiger partial charge in [0, 0.05) is 25.7 Å². The Morgan fingerprint density at radius 3 is 2.68 bits per heavy atom. The third-order valence-corrected chi connectivity index (χ3v) is 8.59. The van der Waals surface area contributed by atoms with E-state index in [9.17, 15) is 13.2 Å². The molecule has 1 N–H and O–H groups in total. The van der Waals surface area contributed by atoms with Crippen molar-refractivity contribution in [2.75, 3.05) is 19.6 Å². The summed E-state index contributed by atoms with van der Waals surface area (Å²) in [5.74, 6) is 0.416. The predicted molar refractivity (Wildman–Crippen MR) is 108 cm³/mol. The van der Waals surface area contributed by atoms with E-state index in [-0.39, 0.29) is 12.1 Å². The van der Waals surface area contributed by atoms with Crippen molar-refractivity contribution < 1.29 is 13.2 Å². The van der Waals surface area contributed by atoms with Crippen LogP contribution in [0.2, 0.25) is 0 Å². The van der Waals surface area contributed by atoms with Gasteiger partial charge in [0.2, 0.25) is 10.0 Å². The number of nitrogens with zero attached hydrogens (tertiary/aromatic N) is 2. The molecule has 0 bridgehead atoms. The van der Waals surface area contributed by atoms with Crippen molar-refractivity contribution >= 4 is 16.1 Å². The average Bonchev–Trinajstić information content (AvgIpc) is 3.35. The summed E-state index contributed by atoms with van der Waals surface area (Å²) in [6, 6.07) is 7.55. The first-order valence-corrected chi connectivity index (χ1v) is 12.0. The van der Waals surface area contributed by atoms with Crippen molar-refractivity contribution in [1.29, 1.82) is 0 Å². The fourth-order valence-electron chi connectivity index (χ4n) is 5.00. The number of hydrogen-bond donors (Lipinski definition) is 1. The lowest BCUT2D eigenvalue weighted by molar-refractivity contribution is 0.176. The van der Waals surface area contributed by atoms with Gasteiger partial charge in [-0.3, -0.25) is 0 Å². The standard InChI is InChI=1S/C21H31N3O3S/c1-16(2)11-13-24-21(18-9-5-6-10-19(18)28(24,26)27)12-14-23(15-21)20(25)22-17-7-3-4-8-17/h5-6,9-10,16-17H,3-4,7-8,11-15H2,1-2H3,(H,22,25). The summed E-state index contributed by atoms with van der Waals surface area (Å²) >= 11 is 0. The van der Waals surface area contributed by atoms with Gasteiger partial charge in [0.25, 0.3) is 0 Å². The average molecular weight is 406 g/mol. The highest BCUT2D eigenvalue weighted by molar-refractivity contribution is 7.89. The summed E-state index contributed by atoms with van der Waals surface area (Å²) in [6.45, 7) is 5.73. The number of rotatable bonds is 4. The Morgan fingerprint density at radius 2 is 1.96 bits per heavy atom. The molecule has 1 saturated carbocycles. The number of hydrogen-bond acceptors (Lipinski definition) is 3. The zero-order valence-corrected chi connectivity index (χ0v) is 17.7. The Balaban J connectivity index is 1.62. The zero-order chi connectivity index (χ0) is 19.9. The molecular weight excluding hydrogens is 374 g/mol. The highest BCUT2D eigenvalue weighted by atomic mass is 32.2. The van der Waals surface area contributed by atoms with Crippen LogP contribution in [0.1, 0.15) is 57.9 Å². The van der Waals surface area contributed by atoms with E-state index in [1.54, 1.807) is 16.4 Å². The normalized spacial score (nSPS) is 27.0. The predicted octanol–water partition coefficient (Wildman–Crippen LogP) is 3.29. The Morgan fingerprint density at radius 1 is 1.25 bits per heavy atom. The van der Waals surface area contributed by atoms with Crippen LogP contribution in [-0.2, 0) is 15.6 Å². The first-order valence-electron chi connectivity index (χ1n) is 10.5. The second kappa shape index (κ2) is 7.34. The number of carbonyl (C=O) groups is 1. The lowest BCUT2D eigenvalue weighted by Crippen LogP contribution is -2.49. The number of likely N-dealkylation sites (tertiary alicyclic amines) is 1. The first-order chi connectivity index (χ1) is 13.3. The van der Waals surface area contributed by atoms with Gasteiger partial charge in [0.1, 0.15) is 0 Å². The third kappa shape index (κ3) is 3.22. The van der Waals surface area contributed by atoms with Crippen LogP contribution in [0.3, 0.4) is 0 Å². The third-order valence-electron chi connectivity index (χ3n) is 6.56. The molecule has 1 saturated heterocycles. The van der Waals surface area contributed by atoms with Crippen LogP contribution in [-0.4, -0.2) is 49.3 Å². The van der Waals surface area contributed by atoms with E-state index >= 15 is 0 Å². The van der Waals surface area contributed by atoms with Crippen LogP contribution in [0.25, 0.3) is 0 Å². The van der Waals surface area contributed by atoms with Crippen molar-refractivity contribution in [2.24, 2.45) is 5.92 Å². The fourth-order valence-corrected chi connectivity index (χ4v) is 7.07. The molecule has 0 aromatic heterocycles. The van der Waals surface area contributed by atoms with Crippen molar-refractivity contribution in [2.45, 2.75) is 68.8 Å². The van der Waals surface area contributed by atoms with Gasteiger partial charge in [0.15, 0.2) is 0 Å². The number of urea groups is 1. The molecule has 2 heterocycles. The van der Waals surface area contributed by atoms with E-state index in [4.69, 9.17) is 0 Å². The Hall–Kier alpha value is -1.60. The summed E-state index contributed by atoms with van der Waals surface area (Å²) in [7, 11) is -3.53. The van der Waals surface area contributed by atoms with Crippen LogP contribution in [0.5, 0.6) is 0 Å². The molecule has 4 rings (SSSR count). The van der Waals surface area contributed by atoms with Crippen LogP contribution < -0.4 is 5.32 Å². The van der Waals surface area contributed by atoms with Gasteiger partial charge in [-0.2, -0.15) is 4.31 Å². The van der Waals surface area contributed by atoms with E-state index in [1.165, 1.54) is 12.8 Å². The molecule has 0 radical (unpaired) electrons. The molecule has 1 atom stereocenters. The highest BCUT2D eigenvalue weighted by Crippen LogP contribution is 2.49. The molecule has 1 aromatic carbocycles. The van der Waals surface area contributed by atoms with Crippen molar-refractivity contribution in [3.8, 4) is 0 Å². The van der Waals surface area contributed by atoms with Gasteiger partial charge in [-0.25, -0.2) is 13.2 Å². The molecular formula is C21H31N3O3S. The number of amides is 2. The first kappa shape index (κ1) is 19.7. The van der Waals surface area contributed by atoms with Gasteiger partial charge in [0.05, 0.1) is 10.4 Å². The van der Waals surface area contributed by atoms with Gasteiger partial charge in [-0.1, -0.05) is 44.9 Å². The van der Waals surface area contributed by atoms with Crippen molar-refractivity contribution in [3.05, 3.63) is 29.8 Å². The van der Waals surface area contributed by atoms with Crippen molar-refractivity contribution in [3.63, 3.8) is 0 Å². The maximum atomic E-state index is 13.3. The molecule has 2 fully saturated rings. The van der Waals surface area contributed by atoms with Crippen molar-refractivity contribution in [1.82, 2.24) is 14.5 Å². The summed E-state index contributed by atoms with van der Waals surface area (Å²) < 4.78 is 28.3. The molecule has 6 nitrogen and oxygen atoms in total. The molecule has 28 heavy (non-hydrogen) atoms. The van der Waals surface area contributed by atoms with E-state index in [0.29, 0.717) is 36.9 Å². The number of benzene rings is 1. The summed E-state index contributed by atoms with van der Waals surface area (Å²) in [5, 5.41) is 3.16. The maximum absolute atomic E-state index is 13.3. The minimum atomic E-state index is -3.53. The smallest absolute Gasteiger partial charge is 0.317 e. The fraction of sp³-hybridized carbons (Fsp3) is 0.667. The Labute approximate surface area is 168 Å². The van der Waals surface area contributed by atoms with Crippen LogP contribution in [0.15, 0.2) is 29.2 Å². The minimum Gasteiger partial charge on any atom is -0.335 e. The van der Waals surface area contributed by atoms with E-state index in [0.717, 1.165) is 24.8 Å². The molecule has 1 spiro atoms. The molecule has 1 aliphatic carbocycles. The number of carbonyl (C=O) groups excluding carboxylic acids is 1. The SMILES string of the molecule is CC(C)CCN1C2(CCN(C(=O)NC3CCCC3)C2)c2ccccc2S1(=O)=O. The largest absolute Gasteiger partial charge is 0.335 e. The molecule has 1 unspecified atom stereocenters. The molecule has 154 valence electrons. The van der Waals surface area contributed by atoms with Gasteiger partial charge < -0.3 is 10.2 Å². The molecule has 1 aromatic rings. The second-order valence-corrected chi connectivity index (χ2v) is 10.7. The lowest BCUT2D eigenvalue weighted by atomic mass is 9.88. The quantitative estimate of drug-likeness (QED) is 0.836. The maximum Gasteiger partial charge on any atom is 0.317 e. The highest BCUT2D eigenvalue weighted by Gasteiger charge is 2.57. The summed E-state index contributed by atoms with van der Waals surface area (Å²) in [4.78, 5) is 15.1.